The van der Waals surface area contributed by atoms with Gasteiger partial charge in [0.05, 0.1) is 12.7 Å². The maximum atomic E-state index is 9.71. The molecular weight excluding hydrogens is 234 g/mol. The van der Waals surface area contributed by atoms with Gasteiger partial charge in [-0.1, -0.05) is 19.4 Å². The second-order valence-corrected chi connectivity index (χ2v) is 5.21. The molecule has 4 heteroatoms. The van der Waals surface area contributed by atoms with Crippen LogP contribution in [0, 0.1) is 0 Å². The maximum Gasteiger partial charge on any atom is 0.0897 e. The molecule has 0 spiro atoms. The summed E-state index contributed by atoms with van der Waals surface area (Å²) in [4.78, 5) is 1.30. The summed E-state index contributed by atoms with van der Waals surface area (Å²) in [7, 11) is 0. The maximum absolute atomic E-state index is 9.71. The fraction of sp³-hybridized carbons (Fsp3) is 0.692. The lowest BCUT2D eigenvalue weighted by Gasteiger charge is -2.16. The molecule has 0 amide bonds. The van der Waals surface area contributed by atoms with E-state index in [0.717, 1.165) is 19.4 Å². The van der Waals surface area contributed by atoms with Gasteiger partial charge in [-0.05, 0) is 24.8 Å². The minimum atomic E-state index is -0.422. The van der Waals surface area contributed by atoms with E-state index in [2.05, 4.69) is 30.6 Å². The number of unbranched alkanes of at least 4 members (excludes halogenated alkanes) is 1. The Morgan fingerprint density at radius 2 is 2.35 bits per heavy atom. The van der Waals surface area contributed by atoms with Crippen LogP contribution in [0.2, 0.25) is 0 Å². The monoisotopic (exact) mass is 257 g/mol. The van der Waals surface area contributed by atoms with Crippen molar-refractivity contribution in [1.29, 1.82) is 0 Å². The molecule has 2 atom stereocenters. The van der Waals surface area contributed by atoms with E-state index in [-0.39, 0.29) is 0 Å². The Balaban J connectivity index is 2.09. The third-order valence-electron chi connectivity index (χ3n) is 2.58. The van der Waals surface area contributed by atoms with Gasteiger partial charge in [-0.2, -0.15) is 0 Å². The van der Waals surface area contributed by atoms with Crippen LogP contribution in [0.1, 0.15) is 37.6 Å². The fourth-order valence-electron chi connectivity index (χ4n) is 1.48. The summed E-state index contributed by atoms with van der Waals surface area (Å²) in [5, 5.41) is 15.1. The molecule has 0 aliphatic rings. The van der Waals surface area contributed by atoms with Crippen molar-refractivity contribution >= 4 is 11.3 Å². The molecule has 98 valence electrons. The van der Waals surface area contributed by atoms with Crippen molar-refractivity contribution in [3.8, 4) is 0 Å². The van der Waals surface area contributed by atoms with Crippen molar-refractivity contribution in [2.24, 2.45) is 0 Å². The average Bonchev–Trinajstić information content (AvgIpc) is 2.85. The highest BCUT2D eigenvalue weighted by Crippen LogP contribution is 2.17. The number of hydrogen-bond acceptors (Lipinski definition) is 4. The highest BCUT2D eigenvalue weighted by Gasteiger charge is 2.09. The quantitative estimate of drug-likeness (QED) is 0.668. The van der Waals surface area contributed by atoms with Gasteiger partial charge in [0.15, 0.2) is 0 Å². The first-order chi connectivity index (χ1) is 8.24. The number of thiophene rings is 1. The number of hydrogen-bond donors (Lipinski definition) is 2. The first kappa shape index (κ1) is 14.6. The zero-order valence-corrected chi connectivity index (χ0v) is 11.5. The van der Waals surface area contributed by atoms with E-state index in [1.807, 2.05) is 6.07 Å². The highest BCUT2D eigenvalue weighted by molar-refractivity contribution is 7.10. The molecule has 0 aliphatic heterocycles. The van der Waals surface area contributed by atoms with Gasteiger partial charge in [0.1, 0.15) is 0 Å². The van der Waals surface area contributed by atoms with E-state index in [9.17, 15) is 5.11 Å². The second-order valence-electron chi connectivity index (χ2n) is 4.23. The lowest BCUT2D eigenvalue weighted by molar-refractivity contribution is 0.0348. The number of aliphatic hydroxyl groups is 1. The number of ether oxygens (including phenoxy) is 1. The van der Waals surface area contributed by atoms with Crippen LogP contribution < -0.4 is 5.32 Å². The van der Waals surface area contributed by atoms with Crippen molar-refractivity contribution in [1.82, 2.24) is 5.32 Å². The van der Waals surface area contributed by atoms with Gasteiger partial charge in [-0.25, -0.2) is 0 Å². The van der Waals surface area contributed by atoms with Gasteiger partial charge in [0.25, 0.3) is 0 Å². The first-order valence-corrected chi connectivity index (χ1v) is 7.14. The molecule has 0 bridgehead atoms. The predicted octanol–water partition coefficient (Wildman–Crippen LogP) is 2.58. The average molecular weight is 257 g/mol. The van der Waals surface area contributed by atoms with Crippen LogP contribution in [0.15, 0.2) is 17.5 Å². The second kappa shape index (κ2) is 8.64. The zero-order valence-electron chi connectivity index (χ0n) is 10.7. The largest absolute Gasteiger partial charge is 0.389 e. The summed E-state index contributed by atoms with van der Waals surface area (Å²) in [6, 6.07) is 4.44. The zero-order chi connectivity index (χ0) is 12.5. The predicted molar refractivity (Wildman–Crippen MR) is 72.5 cm³/mol. The Morgan fingerprint density at radius 3 is 3.00 bits per heavy atom. The summed E-state index contributed by atoms with van der Waals surface area (Å²) < 4.78 is 5.37. The lowest BCUT2D eigenvalue weighted by atomic mass is 10.2. The number of rotatable bonds is 9. The Bertz CT molecular complexity index is 277. The van der Waals surface area contributed by atoms with E-state index < -0.39 is 6.10 Å². The van der Waals surface area contributed by atoms with Gasteiger partial charge in [-0.15, -0.1) is 11.3 Å². The van der Waals surface area contributed by atoms with Crippen LogP contribution in [-0.2, 0) is 4.74 Å². The van der Waals surface area contributed by atoms with E-state index >= 15 is 0 Å². The van der Waals surface area contributed by atoms with Crippen molar-refractivity contribution in [2.45, 2.75) is 38.8 Å². The Morgan fingerprint density at radius 1 is 1.53 bits per heavy atom. The van der Waals surface area contributed by atoms with E-state index in [1.165, 1.54) is 4.88 Å². The molecule has 2 N–H and O–H groups in total. The standard InChI is InChI=1S/C13H23NO2S/c1-3-4-7-16-10-12(15)9-14-11(2)13-6-5-8-17-13/h5-6,8,11-12,14-15H,3-4,7,9-10H2,1-2H3/t11-,12?/m0/s1. The molecule has 0 fully saturated rings. The number of nitrogens with one attached hydrogen (secondary N) is 1. The molecule has 0 aliphatic carbocycles. The SMILES string of the molecule is CCCCOCC(O)CN[C@@H](C)c1cccs1. The summed E-state index contributed by atoms with van der Waals surface area (Å²) in [5.74, 6) is 0. The molecule has 1 heterocycles. The minimum Gasteiger partial charge on any atom is -0.389 e. The van der Waals surface area contributed by atoms with E-state index in [0.29, 0.717) is 19.2 Å². The molecule has 1 rings (SSSR count). The van der Waals surface area contributed by atoms with Crippen LogP contribution in [0.4, 0.5) is 0 Å². The molecule has 17 heavy (non-hydrogen) atoms. The van der Waals surface area contributed by atoms with E-state index in [4.69, 9.17) is 4.74 Å². The van der Waals surface area contributed by atoms with Gasteiger partial charge in [0.2, 0.25) is 0 Å². The summed E-state index contributed by atoms with van der Waals surface area (Å²) in [6.07, 6.45) is 1.77. The minimum absolute atomic E-state index is 0.292. The van der Waals surface area contributed by atoms with Gasteiger partial charge in [-0.3, -0.25) is 0 Å². The molecule has 1 aromatic rings. The van der Waals surface area contributed by atoms with Gasteiger partial charge in [0, 0.05) is 24.1 Å². The summed E-state index contributed by atoms with van der Waals surface area (Å²) >= 11 is 1.73. The van der Waals surface area contributed by atoms with Crippen LogP contribution in [0.3, 0.4) is 0 Å². The summed E-state index contributed by atoms with van der Waals surface area (Å²) in [5.41, 5.74) is 0. The van der Waals surface area contributed by atoms with Crippen LogP contribution in [0.5, 0.6) is 0 Å². The van der Waals surface area contributed by atoms with E-state index in [1.54, 1.807) is 11.3 Å². The third-order valence-corrected chi connectivity index (χ3v) is 3.64. The van der Waals surface area contributed by atoms with Crippen LogP contribution in [-0.4, -0.2) is 31.0 Å². The van der Waals surface area contributed by atoms with Crippen molar-refractivity contribution in [2.75, 3.05) is 19.8 Å². The third kappa shape index (κ3) is 6.17. The molecule has 0 aromatic carbocycles. The summed E-state index contributed by atoms with van der Waals surface area (Å²) in [6.45, 7) is 5.98. The van der Waals surface area contributed by atoms with Crippen LogP contribution in [0.25, 0.3) is 0 Å². The molecule has 0 saturated heterocycles. The highest BCUT2D eigenvalue weighted by atomic mass is 32.1. The normalized spacial score (nSPS) is 14.8. The lowest BCUT2D eigenvalue weighted by Crippen LogP contribution is -2.32. The Kier molecular flexibility index (Phi) is 7.44. The molecule has 0 saturated carbocycles. The Labute approximate surface area is 108 Å². The fourth-order valence-corrected chi connectivity index (χ4v) is 2.23. The Hall–Kier alpha value is -0.420. The molecule has 0 radical (unpaired) electrons. The van der Waals surface area contributed by atoms with Crippen molar-refractivity contribution in [3.63, 3.8) is 0 Å². The first-order valence-electron chi connectivity index (χ1n) is 6.26. The van der Waals surface area contributed by atoms with Crippen molar-refractivity contribution < 1.29 is 9.84 Å². The molecule has 3 nitrogen and oxygen atoms in total. The van der Waals surface area contributed by atoms with Gasteiger partial charge < -0.3 is 15.2 Å². The topological polar surface area (TPSA) is 41.5 Å². The molecule has 1 unspecified atom stereocenters. The molecule has 1 aromatic heterocycles. The van der Waals surface area contributed by atoms with Crippen LogP contribution >= 0.6 is 11.3 Å². The molecular formula is C13H23NO2S. The smallest absolute Gasteiger partial charge is 0.0897 e. The van der Waals surface area contributed by atoms with Gasteiger partial charge >= 0.3 is 0 Å². The number of aliphatic hydroxyl groups excluding tert-OH is 1. The van der Waals surface area contributed by atoms with Crippen molar-refractivity contribution in [3.05, 3.63) is 22.4 Å².